The fraction of sp³-hybridized carbons (Fsp3) is 0.429. The molecule has 6 nitrogen and oxygen atoms in total. The summed E-state index contributed by atoms with van der Waals surface area (Å²) in [5.41, 5.74) is 0. The summed E-state index contributed by atoms with van der Waals surface area (Å²) < 4.78 is 10.5. The predicted molar refractivity (Wildman–Crippen MR) is 72.7 cm³/mol. The highest BCUT2D eigenvalue weighted by Crippen LogP contribution is 2.17. The molecule has 0 bridgehead atoms. The molecule has 0 aromatic heterocycles. The molecule has 0 spiro atoms. The molecule has 1 N–H and O–H groups in total. The Bertz CT molecular complexity index is 473. The molecule has 0 radical (unpaired) electrons. The molecular weight excluding hydrogens is 260 g/mol. The first-order valence-corrected chi connectivity index (χ1v) is 6.50. The van der Waals surface area contributed by atoms with Crippen LogP contribution in [0.15, 0.2) is 24.3 Å². The second-order valence-electron chi connectivity index (χ2n) is 4.44. The minimum Gasteiger partial charge on any atom is -0.497 e. The number of methoxy groups -OCH3 is 1. The Balaban J connectivity index is 1.83. The number of nitrogens with zero attached hydrogens (tertiary/aromatic N) is 1. The largest absolute Gasteiger partial charge is 0.497 e. The molecule has 20 heavy (non-hydrogen) atoms. The summed E-state index contributed by atoms with van der Waals surface area (Å²) in [5.74, 6) is 1.22. The van der Waals surface area contributed by atoms with E-state index in [4.69, 9.17) is 9.47 Å². The SMILES string of the molecule is COc1ccc(OCC(=O)N2CCNC(=O)CC2)cc1. The molecule has 108 valence electrons. The predicted octanol–water partition coefficient (Wildman–Crippen LogP) is 0.422. The van der Waals surface area contributed by atoms with E-state index in [9.17, 15) is 9.59 Å². The lowest BCUT2D eigenvalue weighted by Gasteiger charge is -2.19. The Labute approximate surface area is 117 Å². The highest BCUT2D eigenvalue weighted by atomic mass is 16.5. The van der Waals surface area contributed by atoms with Gasteiger partial charge in [0.05, 0.1) is 7.11 Å². The zero-order chi connectivity index (χ0) is 14.4. The summed E-state index contributed by atoms with van der Waals surface area (Å²) in [4.78, 5) is 24.8. The van der Waals surface area contributed by atoms with Gasteiger partial charge in [0, 0.05) is 26.1 Å². The van der Waals surface area contributed by atoms with Crippen molar-refractivity contribution in [1.29, 1.82) is 0 Å². The maximum Gasteiger partial charge on any atom is 0.260 e. The van der Waals surface area contributed by atoms with E-state index in [1.165, 1.54) is 0 Å². The van der Waals surface area contributed by atoms with Crippen molar-refractivity contribution in [3.63, 3.8) is 0 Å². The highest BCUT2D eigenvalue weighted by molar-refractivity contribution is 5.80. The Morgan fingerprint density at radius 2 is 1.95 bits per heavy atom. The molecular formula is C14H18N2O4. The van der Waals surface area contributed by atoms with Gasteiger partial charge in [-0.2, -0.15) is 0 Å². The number of carbonyl (C=O) groups excluding carboxylic acids is 2. The summed E-state index contributed by atoms with van der Waals surface area (Å²) in [6.07, 6.45) is 0.342. The first kappa shape index (κ1) is 14.2. The Morgan fingerprint density at radius 1 is 1.25 bits per heavy atom. The zero-order valence-corrected chi connectivity index (χ0v) is 11.4. The number of hydrogen-bond donors (Lipinski definition) is 1. The number of ether oxygens (including phenoxy) is 2. The van der Waals surface area contributed by atoms with Gasteiger partial charge >= 0.3 is 0 Å². The van der Waals surface area contributed by atoms with Gasteiger partial charge in [0.2, 0.25) is 5.91 Å². The molecule has 6 heteroatoms. The summed E-state index contributed by atoms with van der Waals surface area (Å²) in [6.45, 7) is 1.43. The normalized spacial score (nSPS) is 15.2. The van der Waals surface area contributed by atoms with Crippen LogP contribution in [0.1, 0.15) is 6.42 Å². The first-order valence-electron chi connectivity index (χ1n) is 6.50. The monoisotopic (exact) mass is 278 g/mol. The van der Waals surface area contributed by atoms with Crippen LogP contribution < -0.4 is 14.8 Å². The van der Waals surface area contributed by atoms with Crippen molar-refractivity contribution in [2.45, 2.75) is 6.42 Å². The van der Waals surface area contributed by atoms with Crippen molar-refractivity contribution in [2.75, 3.05) is 33.4 Å². The van der Waals surface area contributed by atoms with Crippen LogP contribution in [0.5, 0.6) is 11.5 Å². The standard InChI is InChI=1S/C14H18N2O4/c1-19-11-2-4-12(5-3-11)20-10-14(18)16-8-6-13(17)15-7-9-16/h2-5H,6-10H2,1H3,(H,15,17). The number of benzene rings is 1. The second-order valence-corrected chi connectivity index (χ2v) is 4.44. The van der Waals surface area contributed by atoms with E-state index in [0.29, 0.717) is 31.8 Å². The van der Waals surface area contributed by atoms with Crippen molar-refractivity contribution >= 4 is 11.8 Å². The van der Waals surface area contributed by atoms with E-state index in [2.05, 4.69) is 5.32 Å². The summed E-state index contributed by atoms with van der Waals surface area (Å²) in [5, 5.41) is 2.73. The van der Waals surface area contributed by atoms with E-state index in [1.54, 1.807) is 36.3 Å². The van der Waals surface area contributed by atoms with Gasteiger partial charge in [-0.1, -0.05) is 0 Å². The first-order chi connectivity index (χ1) is 9.69. The van der Waals surface area contributed by atoms with Crippen LogP contribution in [0.25, 0.3) is 0 Å². The summed E-state index contributed by atoms with van der Waals surface area (Å²) in [6, 6.07) is 7.04. The second kappa shape index (κ2) is 6.79. The number of rotatable bonds is 4. The molecule has 1 aliphatic heterocycles. The quantitative estimate of drug-likeness (QED) is 0.867. The van der Waals surface area contributed by atoms with Crippen LogP contribution in [0, 0.1) is 0 Å². The Morgan fingerprint density at radius 3 is 2.65 bits per heavy atom. The molecule has 1 aromatic rings. The van der Waals surface area contributed by atoms with Crippen LogP contribution in [0.4, 0.5) is 0 Å². The van der Waals surface area contributed by atoms with E-state index in [0.717, 1.165) is 5.75 Å². The van der Waals surface area contributed by atoms with Gasteiger partial charge in [0.1, 0.15) is 11.5 Å². The van der Waals surface area contributed by atoms with Crippen LogP contribution in [0.3, 0.4) is 0 Å². The third-order valence-corrected chi connectivity index (χ3v) is 3.09. The molecule has 1 fully saturated rings. The maximum atomic E-state index is 12.0. The van der Waals surface area contributed by atoms with Gasteiger partial charge in [0.15, 0.2) is 6.61 Å². The lowest BCUT2D eigenvalue weighted by molar-refractivity contribution is -0.133. The minimum absolute atomic E-state index is 0.0172. The summed E-state index contributed by atoms with van der Waals surface area (Å²) >= 11 is 0. The molecule has 0 unspecified atom stereocenters. The molecule has 2 amide bonds. The van der Waals surface area contributed by atoms with Crippen molar-refractivity contribution in [3.8, 4) is 11.5 Å². The maximum absolute atomic E-state index is 12.0. The van der Waals surface area contributed by atoms with Gasteiger partial charge in [-0.25, -0.2) is 0 Å². The molecule has 1 aliphatic rings. The Hall–Kier alpha value is -2.24. The third-order valence-electron chi connectivity index (χ3n) is 3.09. The molecule has 0 atom stereocenters. The number of amides is 2. The molecule has 0 saturated carbocycles. The molecule has 1 aromatic carbocycles. The van der Waals surface area contributed by atoms with Gasteiger partial charge in [-0.3, -0.25) is 9.59 Å². The lowest BCUT2D eigenvalue weighted by Crippen LogP contribution is -2.37. The van der Waals surface area contributed by atoms with Crippen LogP contribution in [0.2, 0.25) is 0 Å². The van der Waals surface area contributed by atoms with Crippen LogP contribution in [-0.2, 0) is 9.59 Å². The van der Waals surface area contributed by atoms with E-state index in [1.807, 2.05) is 0 Å². The van der Waals surface area contributed by atoms with Gasteiger partial charge in [0.25, 0.3) is 5.91 Å². The average Bonchev–Trinajstić information content (AvgIpc) is 2.70. The third kappa shape index (κ3) is 3.88. The Kier molecular flexibility index (Phi) is 4.81. The fourth-order valence-electron chi connectivity index (χ4n) is 1.92. The van der Waals surface area contributed by atoms with E-state index in [-0.39, 0.29) is 18.4 Å². The van der Waals surface area contributed by atoms with Crippen LogP contribution in [-0.4, -0.2) is 50.1 Å². The van der Waals surface area contributed by atoms with E-state index >= 15 is 0 Å². The zero-order valence-electron chi connectivity index (χ0n) is 11.4. The number of hydrogen-bond acceptors (Lipinski definition) is 4. The lowest BCUT2D eigenvalue weighted by atomic mass is 10.3. The van der Waals surface area contributed by atoms with Gasteiger partial charge < -0.3 is 19.7 Å². The molecule has 2 rings (SSSR count). The summed E-state index contributed by atoms with van der Waals surface area (Å²) in [7, 11) is 1.59. The van der Waals surface area contributed by atoms with E-state index < -0.39 is 0 Å². The number of nitrogens with one attached hydrogen (secondary N) is 1. The molecule has 0 aliphatic carbocycles. The smallest absolute Gasteiger partial charge is 0.260 e. The average molecular weight is 278 g/mol. The minimum atomic E-state index is -0.114. The van der Waals surface area contributed by atoms with Gasteiger partial charge in [-0.15, -0.1) is 0 Å². The number of carbonyl (C=O) groups is 2. The molecule has 1 saturated heterocycles. The van der Waals surface area contributed by atoms with Crippen molar-refractivity contribution in [1.82, 2.24) is 10.2 Å². The van der Waals surface area contributed by atoms with Crippen molar-refractivity contribution in [3.05, 3.63) is 24.3 Å². The topological polar surface area (TPSA) is 67.9 Å². The van der Waals surface area contributed by atoms with Gasteiger partial charge in [-0.05, 0) is 24.3 Å². The highest BCUT2D eigenvalue weighted by Gasteiger charge is 2.18. The molecule has 1 heterocycles. The van der Waals surface area contributed by atoms with Crippen molar-refractivity contribution in [2.24, 2.45) is 0 Å². The van der Waals surface area contributed by atoms with Crippen LogP contribution >= 0.6 is 0 Å². The fourth-order valence-corrected chi connectivity index (χ4v) is 1.92. The van der Waals surface area contributed by atoms with Crippen molar-refractivity contribution < 1.29 is 19.1 Å².